The molecule has 1 unspecified atom stereocenters. The van der Waals surface area contributed by atoms with Gasteiger partial charge in [-0.1, -0.05) is 12.1 Å². The number of aromatic nitrogens is 2. The summed E-state index contributed by atoms with van der Waals surface area (Å²) in [6.07, 6.45) is 5.26. The van der Waals surface area contributed by atoms with E-state index in [4.69, 9.17) is 0 Å². The highest BCUT2D eigenvalue weighted by Crippen LogP contribution is 2.29. The number of fused-ring (bicyclic) bond motifs is 2. The normalized spacial score (nSPS) is 14.1. The molecule has 2 N–H and O–H groups in total. The fourth-order valence-corrected chi connectivity index (χ4v) is 6.37. The summed E-state index contributed by atoms with van der Waals surface area (Å²) in [4.78, 5) is 21.4. The van der Waals surface area contributed by atoms with E-state index in [1.807, 2.05) is 54.2 Å². The van der Waals surface area contributed by atoms with Gasteiger partial charge >= 0.3 is 0 Å². The highest BCUT2D eigenvalue weighted by atomic mass is 32.2. The zero-order valence-corrected chi connectivity index (χ0v) is 22.6. The van der Waals surface area contributed by atoms with Gasteiger partial charge in [-0.15, -0.1) is 0 Å². The maximum absolute atomic E-state index is 13.9. The molecule has 5 rings (SSSR count). The van der Waals surface area contributed by atoms with Crippen molar-refractivity contribution in [2.45, 2.75) is 41.8 Å². The summed E-state index contributed by atoms with van der Waals surface area (Å²) in [5.41, 5.74) is 4.21. The molecule has 2 aromatic carbocycles. The van der Waals surface area contributed by atoms with E-state index >= 15 is 0 Å². The third kappa shape index (κ3) is 5.89. The van der Waals surface area contributed by atoms with Crippen LogP contribution in [0.15, 0.2) is 76.8 Å². The first kappa shape index (κ1) is 25.5. The molecule has 0 spiro atoms. The highest BCUT2D eigenvalue weighted by molar-refractivity contribution is 7.97. The number of hydrogen-bond acceptors (Lipinski definition) is 6. The summed E-state index contributed by atoms with van der Waals surface area (Å²) in [6.45, 7) is 1.90. The Labute approximate surface area is 226 Å². The molecule has 0 bridgehead atoms. The van der Waals surface area contributed by atoms with E-state index in [0.717, 1.165) is 22.2 Å². The molecule has 0 saturated carbocycles. The fourth-order valence-electron chi connectivity index (χ4n) is 4.70. The molecule has 190 valence electrons. The van der Waals surface area contributed by atoms with Crippen LogP contribution in [0.4, 0.5) is 0 Å². The SMILES string of the molecule is CN(C)Sc1ccc2c(c1)CN(C(=O)C(CCn1cccc1C#N)NSc1cccc3[nH]ccc13)CC2. The lowest BCUT2D eigenvalue weighted by Gasteiger charge is -2.32. The molecule has 37 heavy (non-hydrogen) atoms. The highest BCUT2D eigenvalue weighted by Gasteiger charge is 2.28. The number of rotatable bonds is 9. The molecule has 0 aliphatic carbocycles. The molecule has 4 aromatic rings. The summed E-state index contributed by atoms with van der Waals surface area (Å²) < 4.78 is 7.47. The monoisotopic (exact) mass is 530 g/mol. The number of aromatic amines is 1. The van der Waals surface area contributed by atoms with Crippen molar-refractivity contribution in [2.24, 2.45) is 0 Å². The largest absolute Gasteiger partial charge is 0.361 e. The molecule has 1 aliphatic heterocycles. The van der Waals surface area contributed by atoms with E-state index in [1.165, 1.54) is 28.0 Å². The second kappa shape index (κ2) is 11.5. The Kier molecular flexibility index (Phi) is 7.91. The van der Waals surface area contributed by atoms with Crippen molar-refractivity contribution in [3.63, 3.8) is 0 Å². The minimum atomic E-state index is -0.394. The van der Waals surface area contributed by atoms with Crippen molar-refractivity contribution in [3.8, 4) is 6.07 Å². The maximum atomic E-state index is 13.9. The van der Waals surface area contributed by atoms with Crippen LogP contribution >= 0.6 is 23.9 Å². The molecule has 1 amide bonds. The molecule has 0 saturated heterocycles. The summed E-state index contributed by atoms with van der Waals surface area (Å²) in [5.74, 6) is 0.0933. The third-order valence-corrected chi connectivity index (χ3v) is 8.36. The van der Waals surface area contributed by atoms with Crippen LogP contribution in [0.1, 0.15) is 23.2 Å². The van der Waals surface area contributed by atoms with Crippen molar-refractivity contribution in [3.05, 3.63) is 83.8 Å². The second-order valence-electron chi connectivity index (χ2n) is 9.30. The van der Waals surface area contributed by atoms with Crippen LogP contribution < -0.4 is 4.72 Å². The summed E-state index contributed by atoms with van der Waals surface area (Å²) >= 11 is 3.18. The van der Waals surface area contributed by atoms with Crippen LogP contribution in [0.3, 0.4) is 0 Å². The van der Waals surface area contributed by atoms with E-state index in [2.05, 4.69) is 50.4 Å². The minimum absolute atomic E-state index is 0.0933. The molecule has 1 aliphatic rings. The average Bonchev–Trinajstić information content (AvgIpc) is 3.57. The van der Waals surface area contributed by atoms with E-state index in [0.29, 0.717) is 31.7 Å². The first-order valence-corrected chi connectivity index (χ1v) is 13.9. The van der Waals surface area contributed by atoms with Crippen molar-refractivity contribution >= 4 is 40.7 Å². The maximum Gasteiger partial charge on any atom is 0.240 e. The van der Waals surface area contributed by atoms with Crippen molar-refractivity contribution in [1.29, 1.82) is 5.26 Å². The Balaban J connectivity index is 1.34. The van der Waals surface area contributed by atoms with Gasteiger partial charge in [0.05, 0.1) is 6.04 Å². The number of H-pyrrole nitrogens is 1. The van der Waals surface area contributed by atoms with Crippen LogP contribution in [0.2, 0.25) is 0 Å². The van der Waals surface area contributed by atoms with E-state index in [9.17, 15) is 10.1 Å². The molecule has 7 nitrogen and oxygen atoms in total. The zero-order chi connectivity index (χ0) is 25.8. The van der Waals surface area contributed by atoms with Gasteiger partial charge < -0.3 is 14.5 Å². The Morgan fingerprint density at radius 3 is 2.92 bits per heavy atom. The molecule has 2 aromatic heterocycles. The Bertz CT molecular complexity index is 1440. The molecule has 0 fully saturated rings. The quantitative estimate of drug-likeness (QED) is 0.295. The lowest BCUT2D eigenvalue weighted by atomic mass is 9.99. The van der Waals surface area contributed by atoms with E-state index < -0.39 is 6.04 Å². The standard InChI is InChI=1S/C28H30N6OS2/c1-32(2)37-23-9-8-20-11-15-34(19-21(20)17-23)28(35)26(12-16-33-14-4-5-22(33)18-29)31-36-27-7-3-6-25-24(27)10-13-30-25/h3-10,13-14,17,26,30-31H,11-12,15-16,19H2,1-2H3. The van der Waals surface area contributed by atoms with Gasteiger partial charge in [-0.3, -0.25) is 9.10 Å². The summed E-state index contributed by atoms with van der Waals surface area (Å²) in [6, 6.07) is 20.3. The predicted octanol–water partition coefficient (Wildman–Crippen LogP) is 5.05. The van der Waals surface area contributed by atoms with Crippen molar-refractivity contribution < 1.29 is 4.79 Å². The first-order chi connectivity index (χ1) is 18.0. The van der Waals surface area contributed by atoms with Crippen molar-refractivity contribution in [2.75, 3.05) is 20.6 Å². The van der Waals surface area contributed by atoms with Gasteiger partial charge in [-0.05, 0) is 104 Å². The van der Waals surface area contributed by atoms with Gasteiger partial charge in [0.15, 0.2) is 0 Å². The van der Waals surface area contributed by atoms with Gasteiger partial charge in [0.25, 0.3) is 0 Å². The van der Waals surface area contributed by atoms with E-state index in [1.54, 1.807) is 18.0 Å². The Morgan fingerprint density at radius 2 is 2.08 bits per heavy atom. The van der Waals surface area contributed by atoms with Gasteiger partial charge in [0, 0.05) is 52.7 Å². The molecule has 3 heterocycles. The topological polar surface area (TPSA) is 80.1 Å². The summed E-state index contributed by atoms with van der Waals surface area (Å²) in [7, 11) is 4.06. The van der Waals surface area contributed by atoms with E-state index in [-0.39, 0.29) is 5.91 Å². The minimum Gasteiger partial charge on any atom is -0.361 e. The molecule has 9 heteroatoms. The second-order valence-corrected chi connectivity index (χ2v) is 11.6. The molecular weight excluding hydrogens is 500 g/mol. The third-order valence-electron chi connectivity index (χ3n) is 6.56. The number of amides is 1. The number of carbonyl (C=O) groups is 1. The van der Waals surface area contributed by atoms with Gasteiger partial charge in [0.2, 0.25) is 5.91 Å². The number of nitriles is 1. The predicted molar refractivity (Wildman–Crippen MR) is 150 cm³/mol. The van der Waals surface area contributed by atoms with Crippen molar-refractivity contribution in [1.82, 2.24) is 23.5 Å². The average molecular weight is 531 g/mol. The Hall–Kier alpha value is -3.16. The zero-order valence-electron chi connectivity index (χ0n) is 21.0. The molecular formula is C28H30N6OS2. The van der Waals surface area contributed by atoms with Crippen LogP contribution in [0, 0.1) is 11.3 Å². The molecule has 0 radical (unpaired) electrons. The number of nitrogens with one attached hydrogen (secondary N) is 2. The Morgan fingerprint density at radius 1 is 1.19 bits per heavy atom. The lowest BCUT2D eigenvalue weighted by Crippen LogP contribution is -2.46. The van der Waals surface area contributed by atoms with Crippen LogP contribution in [-0.2, 0) is 24.3 Å². The number of hydrogen-bond donors (Lipinski definition) is 2. The van der Waals surface area contributed by atoms with Gasteiger partial charge in [-0.2, -0.15) is 5.26 Å². The number of carbonyl (C=O) groups excluding carboxylic acids is 1. The number of benzene rings is 2. The first-order valence-electron chi connectivity index (χ1n) is 12.3. The lowest BCUT2D eigenvalue weighted by molar-refractivity contribution is -0.134. The summed E-state index contributed by atoms with van der Waals surface area (Å²) in [5, 5.41) is 10.5. The fraction of sp³-hybridized carbons (Fsp3) is 0.286. The smallest absolute Gasteiger partial charge is 0.240 e. The molecule has 1 atom stereocenters. The number of aryl methyl sites for hydroxylation is 1. The van der Waals surface area contributed by atoms with Gasteiger partial charge in [-0.25, -0.2) is 4.72 Å². The van der Waals surface area contributed by atoms with Crippen LogP contribution in [0.25, 0.3) is 10.9 Å². The van der Waals surface area contributed by atoms with Gasteiger partial charge in [0.1, 0.15) is 11.8 Å². The van der Waals surface area contributed by atoms with Crippen LogP contribution in [0.5, 0.6) is 0 Å². The van der Waals surface area contributed by atoms with Crippen LogP contribution in [-0.4, -0.2) is 51.3 Å². The number of nitrogens with zero attached hydrogens (tertiary/aromatic N) is 4.